The molecule has 94 valence electrons. The van der Waals surface area contributed by atoms with Crippen LogP contribution in [0.15, 0.2) is 35.0 Å². The van der Waals surface area contributed by atoms with Gasteiger partial charge in [-0.1, -0.05) is 0 Å². The Balaban J connectivity index is 1.83. The van der Waals surface area contributed by atoms with Crippen LogP contribution in [0.1, 0.15) is 0 Å². The molecule has 3 heterocycles. The highest BCUT2D eigenvalue weighted by molar-refractivity contribution is 6.57. The SMILES string of the molecule is O=C(O)NCC1C=C2C=COCC3=C2B(OC3)O1. The third-order valence-electron chi connectivity index (χ3n) is 3.06. The molecule has 18 heavy (non-hydrogen) atoms. The smallest absolute Gasteiger partial charge is 0.495 e. The fourth-order valence-corrected chi connectivity index (χ4v) is 2.27. The van der Waals surface area contributed by atoms with Crippen LogP contribution in [0, 0.1) is 0 Å². The number of amides is 1. The Morgan fingerprint density at radius 3 is 3.28 bits per heavy atom. The molecule has 0 saturated carbocycles. The number of hydrogen-bond acceptors (Lipinski definition) is 4. The fourth-order valence-electron chi connectivity index (χ4n) is 2.27. The van der Waals surface area contributed by atoms with Crippen molar-refractivity contribution in [2.24, 2.45) is 0 Å². The maximum Gasteiger partial charge on any atom is 0.495 e. The third kappa shape index (κ3) is 2.02. The lowest BCUT2D eigenvalue weighted by molar-refractivity contribution is 0.164. The number of carboxylic acid groups (broad SMARTS) is 1. The summed E-state index contributed by atoms with van der Waals surface area (Å²) < 4.78 is 16.5. The van der Waals surface area contributed by atoms with Crippen LogP contribution in [-0.2, 0) is 14.0 Å². The molecular weight excluding hydrogens is 237 g/mol. The van der Waals surface area contributed by atoms with Crippen LogP contribution in [-0.4, -0.2) is 44.2 Å². The number of hydrogen-bond donors (Lipinski definition) is 2. The van der Waals surface area contributed by atoms with Crippen molar-refractivity contribution < 1.29 is 23.9 Å². The van der Waals surface area contributed by atoms with E-state index in [2.05, 4.69) is 5.32 Å². The van der Waals surface area contributed by atoms with Gasteiger partial charge in [0.2, 0.25) is 0 Å². The summed E-state index contributed by atoms with van der Waals surface area (Å²) >= 11 is 0. The van der Waals surface area contributed by atoms with Gasteiger partial charge in [-0.15, -0.1) is 0 Å². The highest BCUT2D eigenvalue weighted by Gasteiger charge is 2.40. The second-order valence-corrected chi connectivity index (χ2v) is 4.26. The van der Waals surface area contributed by atoms with E-state index in [0.29, 0.717) is 13.2 Å². The van der Waals surface area contributed by atoms with Crippen molar-refractivity contribution in [3.05, 3.63) is 35.0 Å². The van der Waals surface area contributed by atoms with Crippen molar-refractivity contribution in [3.8, 4) is 0 Å². The second kappa shape index (κ2) is 4.51. The normalized spacial score (nSPS) is 25.2. The van der Waals surface area contributed by atoms with E-state index in [9.17, 15) is 4.79 Å². The van der Waals surface area contributed by atoms with Gasteiger partial charge in [-0.3, -0.25) is 0 Å². The van der Waals surface area contributed by atoms with Crippen LogP contribution in [0.4, 0.5) is 4.79 Å². The van der Waals surface area contributed by atoms with Gasteiger partial charge in [0.25, 0.3) is 0 Å². The largest absolute Gasteiger partial charge is 0.497 e. The summed E-state index contributed by atoms with van der Waals surface area (Å²) in [5.41, 5.74) is 3.10. The van der Waals surface area contributed by atoms with E-state index < -0.39 is 13.2 Å². The molecule has 0 aromatic carbocycles. The Morgan fingerprint density at radius 2 is 2.44 bits per heavy atom. The molecule has 3 rings (SSSR count). The molecule has 1 atom stereocenters. The van der Waals surface area contributed by atoms with E-state index in [1.54, 1.807) is 6.26 Å². The van der Waals surface area contributed by atoms with Gasteiger partial charge in [0.15, 0.2) is 0 Å². The maximum absolute atomic E-state index is 10.5. The van der Waals surface area contributed by atoms with Gasteiger partial charge in [-0.25, -0.2) is 4.79 Å². The predicted molar refractivity (Wildman–Crippen MR) is 62.8 cm³/mol. The van der Waals surface area contributed by atoms with Crippen molar-refractivity contribution in [2.75, 3.05) is 19.8 Å². The molecule has 2 N–H and O–H groups in total. The van der Waals surface area contributed by atoms with Crippen molar-refractivity contribution in [1.82, 2.24) is 5.32 Å². The standard InChI is InChI=1S/C11H12BNO5/c14-11(15)13-4-9-3-7-1-2-16-5-8-6-17-12(18-9)10(7)8/h1-3,9,13H,4-6H2,(H,14,15). The number of carbonyl (C=O) groups is 1. The van der Waals surface area contributed by atoms with Gasteiger partial charge in [-0.2, -0.15) is 0 Å². The first kappa shape index (κ1) is 11.4. The van der Waals surface area contributed by atoms with Gasteiger partial charge in [0.05, 0.1) is 19.0 Å². The minimum Gasteiger partial charge on any atom is -0.497 e. The lowest BCUT2D eigenvalue weighted by Gasteiger charge is -2.24. The summed E-state index contributed by atoms with van der Waals surface area (Å²) in [6.45, 7) is 1.22. The van der Waals surface area contributed by atoms with Crippen LogP contribution in [0.3, 0.4) is 0 Å². The lowest BCUT2D eigenvalue weighted by atomic mass is 9.71. The molecule has 0 fully saturated rings. The van der Waals surface area contributed by atoms with E-state index in [-0.39, 0.29) is 12.6 Å². The van der Waals surface area contributed by atoms with Crippen molar-refractivity contribution in [3.63, 3.8) is 0 Å². The van der Waals surface area contributed by atoms with Crippen LogP contribution in [0.5, 0.6) is 0 Å². The van der Waals surface area contributed by atoms with E-state index in [1.165, 1.54) is 0 Å². The van der Waals surface area contributed by atoms with Gasteiger partial charge < -0.3 is 24.5 Å². The average Bonchev–Trinajstić information content (AvgIpc) is 2.63. The molecule has 0 radical (unpaired) electrons. The van der Waals surface area contributed by atoms with Crippen molar-refractivity contribution >= 4 is 13.2 Å². The molecule has 0 aliphatic carbocycles. The van der Waals surface area contributed by atoms with E-state index in [1.807, 2.05) is 12.2 Å². The average molecular weight is 249 g/mol. The molecule has 0 spiro atoms. The molecule has 1 unspecified atom stereocenters. The number of nitrogens with one attached hydrogen (secondary N) is 1. The zero-order chi connectivity index (χ0) is 12.5. The molecular formula is C11H12BNO5. The number of ether oxygens (including phenoxy) is 1. The summed E-state index contributed by atoms with van der Waals surface area (Å²) in [5.74, 6) is 0. The molecule has 0 bridgehead atoms. The van der Waals surface area contributed by atoms with E-state index in [4.69, 9.17) is 19.2 Å². The Labute approximate surface area is 104 Å². The van der Waals surface area contributed by atoms with Gasteiger partial charge >= 0.3 is 13.2 Å². The summed E-state index contributed by atoms with van der Waals surface area (Å²) in [6, 6.07) is 0. The molecule has 1 amide bonds. The zero-order valence-electron chi connectivity index (χ0n) is 9.59. The first-order valence-corrected chi connectivity index (χ1v) is 5.70. The number of rotatable bonds is 2. The predicted octanol–water partition coefficient (Wildman–Crippen LogP) is 0.477. The van der Waals surface area contributed by atoms with E-state index >= 15 is 0 Å². The lowest BCUT2D eigenvalue weighted by Crippen LogP contribution is -2.39. The molecule has 0 aromatic rings. The van der Waals surface area contributed by atoms with Gasteiger partial charge in [0, 0.05) is 6.54 Å². The first-order chi connectivity index (χ1) is 8.74. The Hall–Kier alpha value is -1.73. The minimum atomic E-state index is -1.06. The maximum atomic E-state index is 10.5. The van der Waals surface area contributed by atoms with E-state index in [0.717, 1.165) is 16.6 Å². The molecule has 0 aromatic heterocycles. The quantitative estimate of drug-likeness (QED) is 0.696. The molecule has 6 nitrogen and oxygen atoms in total. The Morgan fingerprint density at radius 1 is 1.56 bits per heavy atom. The first-order valence-electron chi connectivity index (χ1n) is 5.70. The van der Waals surface area contributed by atoms with Crippen LogP contribution >= 0.6 is 0 Å². The van der Waals surface area contributed by atoms with Crippen molar-refractivity contribution in [1.29, 1.82) is 0 Å². The molecule has 7 heteroatoms. The number of allylic oxidation sites excluding steroid dienone is 3. The monoisotopic (exact) mass is 249 g/mol. The Bertz CT molecular complexity index is 470. The summed E-state index contributed by atoms with van der Waals surface area (Å²) in [7, 11) is -0.410. The van der Waals surface area contributed by atoms with Gasteiger partial charge in [-0.05, 0) is 28.8 Å². The minimum absolute atomic E-state index is 0.204. The van der Waals surface area contributed by atoms with Crippen LogP contribution < -0.4 is 5.32 Å². The molecule has 3 aliphatic rings. The summed E-state index contributed by atoms with van der Waals surface area (Å²) in [5, 5.41) is 10.9. The highest BCUT2D eigenvalue weighted by atomic mass is 16.6. The second-order valence-electron chi connectivity index (χ2n) is 4.26. The topological polar surface area (TPSA) is 77.0 Å². The summed E-state index contributed by atoms with van der Waals surface area (Å²) in [4.78, 5) is 10.5. The highest BCUT2D eigenvalue weighted by Crippen LogP contribution is 2.33. The molecule has 3 aliphatic heterocycles. The van der Waals surface area contributed by atoms with Crippen molar-refractivity contribution in [2.45, 2.75) is 6.10 Å². The Kier molecular flexibility index (Phi) is 2.85. The van der Waals surface area contributed by atoms with Gasteiger partial charge in [0.1, 0.15) is 6.61 Å². The third-order valence-corrected chi connectivity index (χ3v) is 3.06. The van der Waals surface area contributed by atoms with Crippen LogP contribution in [0.2, 0.25) is 0 Å². The molecule has 0 saturated heterocycles. The fraction of sp³-hybridized carbons (Fsp3) is 0.364. The summed E-state index contributed by atoms with van der Waals surface area (Å²) in [6.07, 6.45) is 4.01. The van der Waals surface area contributed by atoms with Crippen LogP contribution in [0.25, 0.3) is 0 Å². The zero-order valence-corrected chi connectivity index (χ0v) is 9.59.